The SMILES string of the molecule is C=C(C)[C@@H](Cl)CC[C@@](C)(OC(C)=O)[C@H](CCCOCc1ccccc1)COC(C)=O. The van der Waals surface area contributed by atoms with Crippen LogP contribution in [-0.4, -0.2) is 36.1 Å². The Morgan fingerprint density at radius 1 is 1.10 bits per heavy atom. The molecule has 6 heteroatoms. The quantitative estimate of drug-likeness (QED) is 0.167. The molecule has 168 valence electrons. The summed E-state index contributed by atoms with van der Waals surface area (Å²) in [7, 11) is 0. The van der Waals surface area contributed by atoms with Crippen molar-refractivity contribution in [1.29, 1.82) is 0 Å². The lowest BCUT2D eigenvalue weighted by molar-refractivity contribution is -0.167. The number of allylic oxidation sites excluding steroid dienone is 1. The van der Waals surface area contributed by atoms with Crippen molar-refractivity contribution < 1.29 is 23.8 Å². The highest BCUT2D eigenvalue weighted by Crippen LogP contribution is 2.33. The lowest BCUT2D eigenvalue weighted by Crippen LogP contribution is -2.42. The molecule has 0 radical (unpaired) electrons. The van der Waals surface area contributed by atoms with Gasteiger partial charge in [0, 0.05) is 26.4 Å². The second-order valence-corrected chi connectivity index (χ2v) is 8.47. The average molecular weight is 439 g/mol. The Morgan fingerprint density at radius 3 is 2.33 bits per heavy atom. The number of hydrogen-bond acceptors (Lipinski definition) is 5. The number of esters is 2. The topological polar surface area (TPSA) is 61.8 Å². The van der Waals surface area contributed by atoms with Gasteiger partial charge in [0.25, 0.3) is 0 Å². The first-order valence-corrected chi connectivity index (χ1v) is 10.8. The molecule has 0 spiro atoms. The monoisotopic (exact) mass is 438 g/mol. The zero-order valence-electron chi connectivity index (χ0n) is 18.6. The van der Waals surface area contributed by atoms with Gasteiger partial charge in [0.1, 0.15) is 5.60 Å². The van der Waals surface area contributed by atoms with Gasteiger partial charge in [-0.3, -0.25) is 9.59 Å². The standard InChI is InChI=1S/C24H35ClO5/c1-18(2)23(25)13-14-24(5,30-20(4)27)22(17-29-19(3)26)12-9-15-28-16-21-10-7-6-8-11-21/h6-8,10-11,22-23H,1,9,12-17H2,2-5H3/t22-,23+,24-/m1/s1. The second-order valence-electron chi connectivity index (χ2n) is 7.94. The van der Waals surface area contributed by atoms with Crippen LogP contribution in [0.25, 0.3) is 0 Å². The van der Waals surface area contributed by atoms with Crippen molar-refractivity contribution in [3.63, 3.8) is 0 Å². The van der Waals surface area contributed by atoms with E-state index >= 15 is 0 Å². The number of halogens is 1. The summed E-state index contributed by atoms with van der Waals surface area (Å²) < 4.78 is 16.8. The summed E-state index contributed by atoms with van der Waals surface area (Å²) in [6.07, 6.45) is 2.60. The van der Waals surface area contributed by atoms with E-state index < -0.39 is 5.60 Å². The summed E-state index contributed by atoms with van der Waals surface area (Å²) in [6, 6.07) is 9.97. The van der Waals surface area contributed by atoms with Gasteiger partial charge in [-0.2, -0.15) is 0 Å². The third-order valence-corrected chi connectivity index (χ3v) is 5.70. The van der Waals surface area contributed by atoms with Crippen LogP contribution in [0.2, 0.25) is 0 Å². The van der Waals surface area contributed by atoms with Crippen LogP contribution in [0.5, 0.6) is 0 Å². The lowest BCUT2D eigenvalue weighted by atomic mass is 9.81. The summed E-state index contributed by atoms with van der Waals surface area (Å²) in [4.78, 5) is 23.2. The molecule has 1 rings (SSSR count). The normalized spacial score (nSPS) is 15.0. The van der Waals surface area contributed by atoms with Crippen LogP contribution < -0.4 is 0 Å². The molecule has 0 saturated heterocycles. The number of carbonyl (C=O) groups is 2. The van der Waals surface area contributed by atoms with Gasteiger partial charge in [0.2, 0.25) is 0 Å². The Labute approximate surface area is 185 Å². The lowest BCUT2D eigenvalue weighted by Gasteiger charge is -2.37. The summed E-state index contributed by atoms with van der Waals surface area (Å²) >= 11 is 6.35. The first kappa shape index (κ1) is 26.2. The first-order valence-electron chi connectivity index (χ1n) is 10.4. The third-order valence-electron chi connectivity index (χ3n) is 5.11. The van der Waals surface area contributed by atoms with Gasteiger partial charge in [-0.25, -0.2) is 0 Å². The number of alkyl halides is 1. The average Bonchev–Trinajstić information content (AvgIpc) is 2.68. The number of rotatable bonds is 14. The van der Waals surface area contributed by atoms with E-state index in [0.717, 1.165) is 17.6 Å². The van der Waals surface area contributed by atoms with Crippen LogP contribution in [-0.2, 0) is 30.4 Å². The largest absolute Gasteiger partial charge is 0.465 e. The maximum absolute atomic E-state index is 11.8. The molecule has 1 aromatic carbocycles. The molecule has 0 fully saturated rings. The molecule has 0 unspecified atom stereocenters. The third kappa shape index (κ3) is 10.3. The van der Waals surface area contributed by atoms with Crippen LogP contribution in [0.1, 0.15) is 58.9 Å². The first-order chi connectivity index (χ1) is 14.1. The molecule has 0 bridgehead atoms. The molecule has 0 aliphatic carbocycles. The Morgan fingerprint density at radius 2 is 1.77 bits per heavy atom. The van der Waals surface area contributed by atoms with Crippen LogP contribution in [0.15, 0.2) is 42.5 Å². The molecule has 0 N–H and O–H groups in total. The van der Waals surface area contributed by atoms with Crippen molar-refractivity contribution in [3.05, 3.63) is 48.0 Å². The van der Waals surface area contributed by atoms with Crippen molar-refractivity contribution in [2.24, 2.45) is 5.92 Å². The number of benzene rings is 1. The van der Waals surface area contributed by atoms with Gasteiger partial charge in [-0.05, 0) is 45.1 Å². The van der Waals surface area contributed by atoms with E-state index in [9.17, 15) is 9.59 Å². The van der Waals surface area contributed by atoms with E-state index in [1.165, 1.54) is 13.8 Å². The molecule has 1 aromatic rings. The van der Waals surface area contributed by atoms with E-state index in [1.807, 2.05) is 44.2 Å². The fourth-order valence-electron chi connectivity index (χ4n) is 3.31. The molecule has 0 amide bonds. The van der Waals surface area contributed by atoms with E-state index in [4.69, 9.17) is 25.8 Å². The van der Waals surface area contributed by atoms with Crippen molar-refractivity contribution in [2.75, 3.05) is 13.2 Å². The summed E-state index contributed by atoms with van der Waals surface area (Å²) in [6.45, 7) is 11.7. The molecule has 0 aromatic heterocycles. The molecule has 3 atom stereocenters. The van der Waals surface area contributed by atoms with Crippen molar-refractivity contribution >= 4 is 23.5 Å². The minimum atomic E-state index is -0.802. The maximum atomic E-state index is 11.8. The highest BCUT2D eigenvalue weighted by molar-refractivity contribution is 6.22. The molecule has 5 nitrogen and oxygen atoms in total. The highest BCUT2D eigenvalue weighted by atomic mass is 35.5. The molecule has 30 heavy (non-hydrogen) atoms. The van der Waals surface area contributed by atoms with Crippen LogP contribution >= 0.6 is 11.6 Å². The summed E-state index contributed by atoms with van der Waals surface area (Å²) in [5, 5.41) is -0.205. The molecule has 0 heterocycles. The minimum absolute atomic E-state index is 0.167. The van der Waals surface area contributed by atoms with Crippen molar-refractivity contribution in [3.8, 4) is 0 Å². The predicted molar refractivity (Wildman–Crippen MR) is 119 cm³/mol. The Kier molecular flexibility index (Phi) is 11.7. The fourth-order valence-corrected chi connectivity index (χ4v) is 3.41. The summed E-state index contributed by atoms with van der Waals surface area (Å²) in [5.74, 6) is -0.894. The smallest absolute Gasteiger partial charge is 0.303 e. The van der Waals surface area contributed by atoms with E-state index in [-0.39, 0.29) is 29.8 Å². The van der Waals surface area contributed by atoms with Gasteiger partial charge >= 0.3 is 11.9 Å². The van der Waals surface area contributed by atoms with Crippen LogP contribution in [0.4, 0.5) is 0 Å². The zero-order chi connectivity index (χ0) is 22.6. The maximum Gasteiger partial charge on any atom is 0.303 e. The molecule has 0 aliphatic rings. The van der Waals surface area contributed by atoms with Gasteiger partial charge in [-0.1, -0.05) is 42.5 Å². The highest BCUT2D eigenvalue weighted by Gasteiger charge is 2.38. The van der Waals surface area contributed by atoms with Gasteiger partial charge in [0.15, 0.2) is 0 Å². The second kappa shape index (κ2) is 13.5. The number of hydrogen-bond donors (Lipinski definition) is 0. The van der Waals surface area contributed by atoms with Crippen LogP contribution in [0, 0.1) is 5.92 Å². The zero-order valence-corrected chi connectivity index (χ0v) is 19.4. The van der Waals surface area contributed by atoms with Gasteiger partial charge in [-0.15, -0.1) is 11.6 Å². The predicted octanol–water partition coefficient (Wildman–Crippen LogP) is 5.45. The number of ether oxygens (including phenoxy) is 3. The Balaban J connectivity index is 2.73. The summed E-state index contributed by atoms with van der Waals surface area (Å²) in [5.41, 5.74) is 1.18. The number of carbonyl (C=O) groups excluding carboxylic acids is 2. The van der Waals surface area contributed by atoms with Crippen molar-refractivity contribution in [2.45, 2.75) is 71.0 Å². The van der Waals surface area contributed by atoms with E-state index in [1.54, 1.807) is 0 Å². The van der Waals surface area contributed by atoms with Gasteiger partial charge < -0.3 is 14.2 Å². The Bertz CT molecular complexity index is 675. The Hall–Kier alpha value is -1.85. The fraction of sp³-hybridized carbons (Fsp3) is 0.583. The molecule has 0 saturated carbocycles. The molecular formula is C24H35ClO5. The minimum Gasteiger partial charge on any atom is -0.465 e. The van der Waals surface area contributed by atoms with Gasteiger partial charge in [0.05, 0.1) is 18.6 Å². The van der Waals surface area contributed by atoms with Crippen LogP contribution in [0.3, 0.4) is 0 Å². The van der Waals surface area contributed by atoms with E-state index in [2.05, 4.69) is 6.58 Å². The van der Waals surface area contributed by atoms with E-state index in [0.29, 0.717) is 32.5 Å². The molecular weight excluding hydrogens is 404 g/mol. The van der Waals surface area contributed by atoms with Crippen molar-refractivity contribution in [1.82, 2.24) is 0 Å². The molecule has 0 aliphatic heterocycles.